The summed E-state index contributed by atoms with van der Waals surface area (Å²) < 4.78 is 11.6. The fourth-order valence-electron chi connectivity index (χ4n) is 6.26. The lowest BCUT2D eigenvalue weighted by Crippen LogP contribution is -2.51. The minimum Gasteiger partial charge on any atom is -0.462 e. The van der Waals surface area contributed by atoms with E-state index in [-0.39, 0.29) is 46.8 Å². The lowest BCUT2D eigenvalue weighted by atomic mass is 9.62. The van der Waals surface area contributed by atoms with E-state index in [0.29, 0.717) is 12.1 Å². The minimum absolute atomic E-state index is 0.0138. The molecule has 0 aromatic carbocycles. The normalized spacial score (nSPS) is 51.3. The Bertz CT molecular complexity index is 569. The summed E-state index contributed by atoms with van der Waals surface area (Å²) in [6.07, 6.45) is 5.35. The first-order valence-corrected chi connectivity index (χ1v) is 10.3. The summed E-state index contributed by atoms with van der Waals surface area (Å²) in [5, 5.41) is 6.81. The molecular formula is C20H30N2O4. The maximum absolute atomic E-state index is 12.5. The maximum Gasteiger partial charge on any atom is 0.311 e. The number of ether oxygens (including phenoxy) is 2. The van der Waals surface area contributed by atoms with Crippen molar-refractivity contribution in [2.24, 2.45) is 22.7 Å². The number of carbonyl (C=O) groups is 2. The number of nitrogens with one attached hydrogen (secondary N) is 2. The van der Waals surface area contributed by atoms with Crippen molar-refractivity contribution in [1.29, 1.82) is 0 Å². The molecule has 2 N–H and O–H groups in total. The highest BCUT2D eigenvalue weighted by Crippen LogP contribution is 2.53. The molecule has 0 radical (unpaired) electrons. The van der Waals surface area contributed by atoms with Crippen LogP contribution in [0.25, 0.3) is 0 Å². The number of esters is 2. The van der Waals surface area contributed by atoms with Crippen LogP contribution in [0.5, 0.6) is 0 Å². The molecule has 3 saturated carbocycles. The SMILES string of the molecule is C[C@]12CN[C@H](C1)[C@H]2C(=O)OC1CCC(OC(=O)[C@@H]2[C@H]3C[C@]2(C)CN3)CC1. The van der Waals surface area contributed by atoms with Crippen LogP contribution < -0.4 is 10.6 Å². The maximum atomic E-state index is 12.5. The molecule has 0 spiro atoms. The molecule has 4 aliphatic heterocycles. The van der Waals surface area contributed by atoms with Crippen LogP contribution in [0, 0.1) is 22.7 Å². The van der Waals surface area contributed by atoms with Gasteiger partial charge in [0.2, 0.25) is 0 Å². The van der Waals surface area contributed by atoms with Gasteiger partial charge < -0.3 is 20.1 Å². The third-order valence-corrected chi connectivity index (χ3v) is 7.91. The monoisotopic (exact) mass is 362 g/mol. The zero-order valence-electron chi connectivity index (χ0n) is 15.8. The lowest BCUT2D eigenvalue weighted by molar-refractivity contribution is -0.172. The molecule has 0 aromatic heterocycles. The van der Waals surface area contributed by atoms with Gasteiger partial charge in [-0.3, -0.25) is 9.59 Å². The first-order chi connectivity index (χ1) is 12.4. The van der Waals surface area contributed by atoms with Crippen LogP contribution in [0.2, 0.25) is 0 Å². The van der Waals surface area contributed by atoms with Crippen molar-refractivity contribution < 1.29 is 19.1 Å². The van der Waals surface area contributed by atoms with Crippen LogP contribution in [-0.4, -0.2) is 49.3 Å². The molecule has 4 bridgehead atoms. The van der Waals surface area contributed by atoms with Crippen molar-refractivity contribution in [3.8, 4) is 0 Å². The Morgan fingerprint density at radius 3 is 1.42 bits per heavy atom. The fraction of sp³-hybridized carbons (Fsp3) is 0.900. The lowest BCUT2D eigenvalue weighted by Gasteiger charge is -2.43. The second-order valence-corrected chi connectivity index (χ2v) is 9.92. The Kier molecular flexibility index (Phi) is 3.71. The van der Waals surface area contributed by atoms with Crippen LogP contribution in [0.1, 0.15) is 52.4 Å². The van der Waals surface area contributed by atoms with Gasteiger partial charge in [-0.2, -0.15) is 0 Å². The van der Waals surface area contributed by atoms with Gasteiger partial charge in [-0.25, -0.2) is 0 Å². The highest BCUT2D eigenvalue weighted by molar-refractivity contribution is 5.77. The van der Waals surface area contributed by atoms with E-state index in [1.807, 2.05) is 0 Å². The average Bonchev–Trinajstić information content (AvgIpc) is 3.28. The van der Waals surface area contributed by atoms with E-state index < -0.39 is 0 Å². The molecule has 6 atom stereocenters. The van der Waals surface area contributed by atoms with E-state index in [2.05, 4.69) is 24.5 Å². The molecule has 0 aromatic rings. The van der Waals surface area contributed by atoms with Gasteiger partial charge in [-0.15, -0.1) is 0 Å². The van der Waals surface area contributed by atoms with Crippen molar-refractivity contribution >= 4 is 11.9 Å². The van der Waals surface area contributed by atoms with E-state index in [9.17, 15) is 9.59 Å². The van der Waals surface area contributed by atoms with E-state index >= 15 is 0 Å². The summed E-state index contributed by atoms with van der Waals surface area (Å²) in [6, 6.07) is 0.634. The van der Waals surface area contributed by atoms with Gasteiger partial charge in [0.15, 0.2) is 0 Å². The van der Waals surface area contributed by atoms with Gasteiger partial charge in [0.25, 0.3) is 0 Å². The molecule has 4 saturated heterocycles. The van der Waals surface area contributed by atoms with Gasteiger partial charge in [0.1, 0.15) is 12.2 Å². The number of hydrogen-bond acceptors (Lipinski definition) is 6. The molecule has 6 nitrogen and oxygen atoms in total. The first-order valence-electron chi connectivity index (χ1n) is 10.3. The summed E-state index contributed by atoms with van der Waals surface area (Å²) in [7, 11) is 0. The first kappa shape index (κ1) is 17.0. The van der Waals surface area contributed by atoms with Gasteiger partial charge in [0, 0.05) is 25.2 Å². The Morgan fingerprint density at radius 1 is 0.769 bits per heavy atom. The smallest absolute Gasteiger partial charge is 0.311 e. The Morgan fingerprint density at radius 2 is 1.15 bits per heavy atom. The summed E-state index contributed by atoms with van der Waals surface area (Å²) in [4.78, 5) is 25.0. The van der Waals surface area contributed by atoms with Crippen LogP contribution in [0.3, 0.4) is 0 Å². The standard InChI is InChI=1S/C20H30N2O4/c1-19-7-13(21-9-19)15(19)17(23)25-11-3-5-12(6-4-11)26-18(24)16-14-8-20(16,2)10-22-14/h11-16,21-22H,3-10H2,1-2H3/t11?,12?,13-,14-,15+,16+,19-,20-/m1/s1. The molecule has 7 aliphatic rings. The molecule has 26 heavy (non-hydrogen) atoms. The summed E-state index contributed by atoms with van der Waals surface area (Å²) >= 11 is 0. The van der Waals surface area contributed by atoms with Crippen molar-refractivity contribution in [1.82, 2.24) is 10.6 Å². The molecule has 7 fully saturated rings. The van der Waals surface area contributed by atoms with Gasteiger partial charge in [-0.1, -0.05) is 13.8 Å². The number of rotatable bonds is 4. The molecule has 3 aliphatic carbocycles. The van der Waals surface area contributed by atoms with E-state index in [0.717, 1.165) is 51.6 Å². The second kappa shape index (κ2) is 5.68. The number of hydrogen-bond donors (Lipinski definition) is 2. The number of fused-ring (bicyclic) bond motifs is 2. The molecule has 0 unspecified atom stereocenters. The van der Waals surface area contributed by atoms with Crippen molar-refractivity contribution in [3.63, 3.8) is 0 Å². The summed E-state index contributed by atoms with van der Waals surface area (Å²) in [6.45, 7) is 6.20. The van der Waals surface area contributed by atoms with Crippen molar-refractivity contribution in [2.75, 3.05) is 13.1 Å². The average molecular weight is 362 g/mol. The largest absolute Gasteiger partial charge is 0.462 e. The summed E-state index contributed by atoms with van der Waals surface area (Å²) in [5.41, 5.74) is 0.196. The molecule has 0 amide bonds. The molecule has 4 heterocycles. The Balaban J connectivity index is 1.08. The van der Waals surface area contributed by atoms with Crippen LogP contribution in [-0.2, 0) is 19.1 Å². The molecule has 6 heteroatoms. The highest BCUT2D eigenvalue weighted by Gasteiger charge is 2.61. The predicted octanol–water partition coefficient (Wildman–Crippen LogP) is 1.38. The molecule has 7 rings (SSSR count). The minimum atomic E-state index is -0.0285. The Hall–Kier alpha value is -1.14. The molecular weight excluding hydrogens is 332 g/mol. The van der Waals surface area contributed by atoms with Crippen molar-refractivity contribution in [2.45, 2.75) is 76.7 Å². The topological polar surface area (TPSA) is 76.7 Å². The Labute approximate surface area is 154 Å². The van der Waals surface area contributed by atoms with Gasteiger partial charge >= 0.3 is 11.9 Å². The van der Waals surface area contributed by atoms with Crippen LogP contribution in [0.4, 0.5) is 0 Å². The predicted molar refractivity (Wildman–Crippen MR) is 94.2 cm³/mol. The van der Waals surface area contributed by atoms with E-state index in [4.69, 9.17) is 9.47 Å². The van der Waals surface area contributed by atoms with E-state index in [1.165, 1.54) is 0 Å². The van der Waals surface area contributed by atoms with Gasteiger partial charge in [-0.05, 0) is 49.4 Å². The molecule has 144 valence electrons. The van der Waals surface area contributed by atoms with Crippen LogP contribution in [0.15, 0.2) is 0 Å². The highest BCUT2D eigenvalue weighted by atomic mass is 16.6. The second-order valence-electron chi connectivity index (χ2n) is 9.92. The third kappa shape index (κ3) is 2.44. The quantitative estimate of drug-likeness (QED) is 0.736. The van der Waals surface area contributed by atoms with E-state index in [1.54, 1.807) is 0 Å². The third-order valence-electron chi connectivity index (χ3n) is 7.91. The zero-order valence-corrected chi connectivity index (χ0v) is 15.8. The van der Waals surface area contributed by atoms with Crippen molar-refractivity contribution in [3.05, 3.63) is 0 Å². The zero-order chi connectivity index (χ0) is 18.1. The fourth-order valence-corrected chi connectivity index (χ4v) is 6.26. The number of carbonyl (C=O) groups excluding carboxylic acids is 2. The summed E-state index contributed by atoms with van der Waals surface area (Å²) in [5.74, 6) is -0.000696. The van der Waals surface area contributed by atoms with Gasteiger partial charge in [0.05, 0.1) is 11.8 Å². The van der Waals surface area contributed by atoms with Crippen LogP contribution >= 0.6 is 0 Å².